The maximum atomic E-state index is 6.72. The minimum atomic E-state index is 0.366. The Bertz CT molecular complexity index is 337. The SMILES string of the molecule is CC1CC(C(N)C2CCCCC2N)CCC1C1CCCCC1. The highest BCUT2D eigenvalue weighted by molar-refractivity contribution is 4.93. The Labute approximate surface area is 137 Å². The summed E-state index contributed by atoms with van der Waals surface area (Å²) in [6.07, 6.45) is 16.7. The second-order valence-electron chi connectivity index (χ2n) is 8.80. The first kappa shape index (κ1) is 16.8. The molecule has 0 aliphatic heterocycles. The normalized spacial score (nSPS) is 43.0. The zero-order valence-corrected chi connectivity index (χ0v) is 14.7. The van der Waals surface area contributed by atoms with Crippen molar-refractivity contribution in [2.45, 2.75) is 96.1 Å². The van der Waals surface area contributed by atoms with Gasteiger partial charge in [-0.25, -0.2) is 0 Å². The van der Waals surface area contributed by atoms with Gasteiger partial charge in [0.05, 0.1) is 0 Å². The molecular weight excluding hydrogens is 268 g/mol. The van der Waals surface area contributed by atoms with Gasteiger partial charge in [0.2, 0.25) is 0 Å². The van der Waals surface area contributed by atoms with Crippen LogP contribution < -0.4 is 11.5 Å². The molecule has 3 fully saturated rings. The van der Waals surface area contributed by atoms with Crippen LogP contribution in [0.5, 0.6) is 0 Å². The van der Waals surface area contributed by atoms with Gasteiger partial charge in [0, 0.05) is 12.1 Å². The summed E-state index contributed by atoms with van der Waals surface area (Å²) >= 11 is 0. The second-order valence-corrected chi connectivity index (χ2v) is 8.80. The molecule has 0 saturated heterocycles. The molecule has 4 N–H and O–H groups in total. The van der Waals surface area contributed by atoms with Gasteiger partial charge in [-0.1, -0.05) is 51.9 Å². The monoisotopic (exact) mass is 306 g/mol. The standard InChI is InChI=1S/C20H38N2/c1-14-13-16(20(22)18-9-5-6-10-19(18)21)11-12-17(14)15-7-3-2-4-8-15/h14-20H,2-13,21-22H2,1H3. The van der Waals surface area contributed by atoms with Gasteiger partial charge in [-0.2, -0.15) is 0 Å². The van der Waals surface area contributed by atoms with Gasteiger partial charge in [0.25, 0.3) is 0 Å². The van der Waals surface area contributed by atoms with E-state index in [1.54, 1.807) is 0 Å². The third kappa shape index (κ3) is 3.70. The lowest BCUT2D eigenvalue weighted by molar-refractivity contribution is 0.0821. The predicted octanol–water partition coefficient (Wildman–Crippen LogP) is 4.46. The topological polar surface area (TPSA) is 52.0 Å². The lowest BCUT2D eigenvalue weighted by Crippen LogP contribution is -2.49. The number of hydrogen-bond acceptors (Lipinski definition) is 2. The highest BCUT2D eigenvalue weighted by atomic mass is 14.8. The Kier molecular flexibility index (Phi) is 5.84. The molecule has 2 heteroatoms. The fraction of sp³-hybridized carbons (Fsp3) is 1.00. The van der Waals surface area contributed by atoms with Crippen molar-refractivity contribution >= 4 is 0 Å². The van der Waals surface area contributed by atoms with Gasteiger partial charge in [-0.05, 0) is 61.7 Å². The van der Waals surface area contributed by atoms with Crippen LogP contribution in [-0.2, 0) is 0 Å². The molecule has 0 aromatic heterocycles. The van der Waals surface area contributed by atoms with Crippen LogP contribution in [0.3, 0.4) is 0 Å². The first-order valence-corrected chi connectivity index (χ1v) is 10.2. The molecule has 0 heterocycles. The summed E-state index contributed by atoms with van der Waals surface area (Å²) in [6.45, 7) is 2.51. The molecule has 0 aromatic carbocycles. The first-order chi connectivity index (χ1) is 10.7. The van der Waals surface area contributed by atoms with Gasteiger partial charge in [0.15, 0.2) is 0 Å². The van der Waals surface area contributed by atoms with Crippen molar-refractivity contribution in [3.63, 3.8) is 0 Å². The molecule has 3 rings (SSSR count). The van der Waals surface area contributed by atoms with Crippen LogP contribution in [0.4, 0.5) is 0 Å². The lowest BCUT2D eigenvalue weighted by Gasteiger charge is -2.44. The van der Waals surface area contributed by atoms with Gasteiger partial charge in [-0.15, -0.1) is 0 Å². The Morgan fingerprint density at radius 1 is 0.818 bits per heavy atom. The van der Waals surface area contributed by atoms with Gasteiger partial charge in [-0.3, -0.25) is 0 Å². The van der Waals surface area contributed by atoms with Gasteiger partial charge >= 0.3 is 0 Å². The molecule has 0 radical (unpaired) electrons. The summed E-state index contributed by atoms with van der Waals surface area (Å²) in [5.41, 5.74) is 13.1. The van der Waals surface area contributed by atoms with Crippen LogP contribution in [-0.4, -0.2) is 12.1 Å². The summed E-state index contributed by atoms with van der Waals surface area (Å²) in [6, 6.07) is 0.736. The average molecular weight is 307 g/mol. The molecule has 6 unspecified atom stereocenters. The van der Waals surface area contributed by atoms with Crippen LogP contribution >= 0.6 is 0 Å². The van der Waals surface area contributed by atoms with Crippen molar-refractivity contribution in [2.24, 2.45) is 41.1 Å². The van der Waals surface area contributed by atoms with E-state index in [-0.39, 0.29) is 0 Å². The quantitative estimate of drug-likeness (QED) is 0.808. The first-order valence-electron chi connectivity index (χ1n) is 10.2. The Morgan fingerprint density at radius 2 is 1.50 bits per heavy atom. The molecule has 0 bridgehead atoms. The van der Waals surface area contributed by atoms with E-state index in [0.29, 0.717) is 18.0 Å². The van der Waals surface area contributed by atoms with Crippen molar-refractivity contribution in [1.82, 2.24) is 0 Å². The van der Waals surface area contributed by atoms with E-state index in [1.165, 1.54) is 77.0 Å². The largest absolute Gasteiger partial charge is 0.327 e. The Balaban J connectivity index is 1.54. The van der Waals surface area contributed by atoms with E-state index in [9.17, 15) is 0 Å². The lowest BCUT2D eigenvalue weighted by atomic mass is 9.63. The Hall–Kier alpha value is -0.0800. The number of rotatable bonds is 3. The van der Waals surface area contributed by atoms with Crippen molar-refractivity contribution in [1.29, 1.82) is 0 Å². The Morgan fingerprint density at radius 3 is 2.18 bits per heavy atom. The molecule has 0 aromatic rings. The van der Waals surface area contributed by atoms with Crippen LogP contribution in [0.25, 0.3) is 0 Å². The van der Waals surface area contributed by atoms with E-state index in [1.807, 2.05) is 0 Å². The molecule has 22 heavy (non-hydrogen) atoms. The maximum Gasteiger partial charge on any atom is 0.0110 e. The van der Waals surface area contributed by atoms with Crippen LogP contribution in [0.15, 0.2) is 0 Å². The van der Waals surface area contributed by atoms with Gasteiger partial charge in [0.1, 0.15) is 0 Å². The molecule has 0 spiro atoms. The van der Waals surface area contributed by atoms with Crippen molar-refractivity contribution in [3.05, 3.63) is 0 Å². The van der Waals surface area contributed by atoms with Crippen molar-refractivity contribution in [2.75, 3.05) is 0 Å². The van der Waals surface area contributed by atoms with E-state index < -0.39 is 0 Å². The summed E-state index contributed by atoms with van der Waals surface area (Å²) in [5.74, 6) is 4.23. The molecule has 2 nitrogen and oxygen atoms in total. The highest BCUT2D eigenvalue weighted by Crippen LogP contribution is 2.45. The van der Waals surface area contributed by atoms with Crippen molar-refractivity contribution < 1.29 is 0 Å². The highest BCUT2D eigenvalue weighted by Gasteiger charge is 2.38. The third-order valence-electron chi connectivity index (χ3n) is 7.45. The summed E-state index contributed by atoms with van der Waals surface area (Å²) in [4.78, 5) is 0. The molecule has 3 aliphatic carbocycles. The zero-order valence-electron chi connectivity index (χ0n) is 14.7. The van der Waals surface area contributed by atoms with E-state index in [2.05, 4.69) is 6.92 Å². The molecular formula is C20H38N2. The minimum absolute atomic E-state index is 0.366. The van der Waals surface area contributed by atoms with Crippen LogP contribution in [0.1, 0.15) is 84.0 Å². The molecule has 6 atom stereocenters. The number of hydrogen-bond donors (Lipinski definition) is 2. The second kappa shape index (κ2) is 7.66. The van der Waals surface area contributed by atoms with Crippen LogP contribution in [0.2, 0.25) is 0 Å². The van der Waals surface area contributed by atoms with E-state index in [4.69, 9.17) is 11.5 Å². The summed E-state index contributed by atoms with van der Waals surface area (Å²) < 4.78 is 0. The van der Waals surface area contributed by atoms with Crippen LogP contribution in [0, 0.1) is 29.6 Å². The third-order valence-corrected chi connectivity index (χ3v) is 7.45. The smallest absolute Gasteiger partial charge is 0.0110 e. The maximum absolute atomic E-state index is 6.72. The minimum Gasteiger partial charge on any atom is -0.327 e. The molecule has 3 saturated carbocycles. The number of nitrogens with two attached hydrogens (primary N) is 2. The van der Waals surface area contributed by atoms with E-state index in [0.717, 1.165) is 23.7 Å². The molecule has 3 aliphatic rings. The molecule has 0 amide bonds. The van der Waals surface area contributed by atoms with Gasteiger partial charge < -0.3 is 11.5 Å². The fourth-order valence-electron chi connectivity index (χ4n) is 6.09. The average Bonchev–Trinajstić information content (AvgIpc) is 2.55. The summed E-state index contributed by atoms with van der Waals surface area (Å²) in [7, 11) is 0. The van der Waals surface area contributed by atoms with Crippen molar-refractivity contribution in [3.8, 4) is 0 Å². The predicted molar refractivity (Wildman–Crippen MR) is 94.5 cm³/mol. The zero-order chi connectivity index (χ0) is 15.5. The molecule has 128 valence electrons. The van der Waals surface area contributed by atoms with E-state index >= 15 is 0 Å². The summed E-state index contributed by atoms with van der Waals surface area (Å²) in [5, 5.41) is 0. The fourth-order valence-corrected chi connectivity index (χ4v) is 6.09.